The Morgan fingerprint density at radius 2 is 0.879 bits per heavy atom. The molecule has 0 bridgehead atoms. The van der Waals surface area contributed by atoms with Crippen LogP contribution >= 0.6 is 11.3 Å². The van der Waals surface area contributed by atoms with Crippen molar-refractivity contribution in [3.05, 3.63) is 194 Å². The number of para-hydroxylation sites is 4. The minimum atomic E-state index is 0.917. The second-order valence-electron chi connectivity index (χ2n) is 15.3. The topological polar surface area (TPSA) is 23.0 Å². The van der Waals surface area contributed by atoms with Gasteiger partial charge in [-0.3, -0.25) is 0 Å². The molecule has 270 valence electrons. The molecular formula is C54H32N2OS. The van der Waals surface area contributed by atoms with E-state index in [0.717, 1.165) is 27.6 Å². The highest BCUT2D eigenvalue weighted by Crippen LogP contribution is 2.45. The van der Waals surface area contributed by atoms with Gasteiger partial charge in [0.25, 0.3) is 0 Å². The average molecular weight is 757 g/mol. The van der Waals surface area contributed by atoms with Crippen molar-refractivity contribution < 1.29 is 4.42 Å². The summed E-state index contributed by atoms with van der Waals surface area (Å²) in [5.41, 5.74) is 13.9. The number of thiophene rings is 1. The second-order valence-corrected chi connectivity index (χ2v) is 16.3. The standard InChI is InChI=1S/C54H32N2OS/c1-2-10-37(11-3-1)55-46-15-7-4-12-39(46)43-30-35(20-26-48(43)55)36-22-29-52-45(32-36)41-25-27-49-53(54(41)58-52)42-14-5-8-16-47(42)56(49)38-23-18-33(19-24-38)34-21-28-51-44(31-34)40-13-6-9-17-50(40)57-51/h1-32H. The Balaban J connectivity index is 0.931. The predicted molar refractivity (Wildman–Crippen MR) is 246 cm³/mol. The number of nitrogens with zero attached hydrogens (tertiary/aromatic N) is 2. The van der Waals surface area contributed by atoms with E-state index >= 15 is 0 Å². The summed E-state index contributed by atoms with van der Waals surface area (Å²) in [5, 5.41) is 10.0. The van der Waals surface area contributed by atoms with Crippen molar-refractivity contribution in [3.8, 4) is 33.6 Å². The maximum atomic E-state index is 6.11. The van der Waals surface area contributed by atoms with Gasteiger partial charge in [-0.05, 0) is 107 Å². The predicted octanol–water partition coefficient (Wildman–Crippen LogP) is 15.5. The van der Waals surface area contributed by atoms with Crippen LogP contribution in [0.3, 0.4) is 0 Å². The maximum absolute atomic E-state index is 6.11. The molecule has 0 aliphatic carbocycles. The Labute approximate surface area is 336 Å². The lowest BCUT2D eigenvalue weighted by Gasteiger charge is -2.10. The van der Waals surface area contributed by atoms with Crippen LogP contribution in [-0.2, 0) is 0 Å². The van der Waals surface area contributed by atoms with E-state index in [2.05, 4.69) is 191 Å². The molecule has 4 heteroatoms. The van der Waals surface area contributed by atoms with Crippen LogP contribution in [0.4, 0.5) is 0 Å². The Morgan fingerprint density at radius 3 is 1.72 bits per heavy atom. The van der Waals surface area contributed by atoms with Gasteiger partial charge in [0.1, 0.15) is 11.2 Å². The first-order chi connectivity index (χ1) is 28.7. The third-order valence-electron chi connectivity index (χ3n) is 12.1. The molecule has 0 saturated carbocycles. The fraction of sp³-hybridized carbons (Fsp3) is 0. The van der Waals surface area contributed by atoms with Gasteiger partial charge in [0.15, 0.2) is 0 Å². The van der Waals surface area contributed by atoms with Gasteiger partial charge >= 0.3 is 0 Å². The smallest absolute Gasteiger partial charge is 0.135 e. The van der Waals surface area contributed by atoms with Crippen molar-refractivity contribution in [1.29, 1.82) is 0 Å². The first-order valence-electron chi connectivity index (χ1n) is 19.7. The van der Waals surface area contributed by atoms with Crippen LogP contribution in [0.25, 0.3) is 119 Å². The summed E-state index contributed by atoms with van der Waals surface area (Å²) in [4.78, 5) is 0. The summed E-state index contributed by atoms with van der Waals surface area (Å²) < 4.78 is 13.5. The van der Waals surface area contributed by atoms with Crippen molar-refractivity contribution in [2.75, 3.05) is 0 Å². The highest BCUT2D eigenvalue weighted by atomic mass is 32.1. The molecule has 58 heavy (non-hydrogen) atoms. The summed E-state index contributed by atoms with van der Waals surface area (Å²) >= 11 is 1.90. The highest BCUT2D eigenvalue weighted by Gasteiger charge is 2.19. The average Bonchev–Trinajstić information content (AvgIpc) is 4.03. The Kier molecular flexibility index (Phi) is 6.60. The number of furan rings is 1. The first-order valence-corrected chi connectivity index (χ1v) is 20.6. The molecule has 0 atom stereocenters. The largest absolute Gasteiger partial charge is 0.456 e. The van der Waals surface area contributed by atoms with E-state index in [0.29, 0.717) is 0 Å². The van der Waals surface area contributed by atoms with Crippen LogP contribution < -0.4 is 0 Å². The fourth-order valence-corrected chi connectivity index (χ4v) is 10.7. The van der Waals surface area contributed by atoms with Crippen molar-refractivity contribution >= 4 is 97.1 Å². The number of hydrogen-bond donors (Lipinski definition) is 0. The third kappa shape index (κ3) is 4.55. The minimum Gasteiger partial charge on any atom is -0.456 e. The monoisotopic (exact) mass is 756 g/mol. The number of benzene rings is 9. The van der Waals surface area contributed by atoms with E-state index < -0.39 is 0 Å². The van der Waals surface area contributed by atoms with Crippen LogP contribution in [0.5, 0.6) is 0 Å². The van der Waals surface area contributed by atoms with Crippen molar-refractivity contribution in [2.24, 2.45) is 0 Å². The van der Waals surface area contributed by atoms with Gasteiger partial charge in [-0.1, -0.05) is 109 Å². The Bertz CT molecular complexity index is 3790. The van der Waals surface area contributed by atoms with Crippen molar-refractivity contribution in [2.45, 2.75) is 0 Å². The van der Waals surface area contributed by atoms with Gasteiger partial charge in [-0.2, -0.15) is 0 Å². The van der Waals surface area contributed by atoms with Gasteiger partial charge in [-0.25, -0.2) is 0 Å². The van der Waals surface area contributed by atoms with Crippen LogP contribution in [0, 0.1) is 0 Å². The Morgan fingerprint density at radius 1 is 0.328 bits per heavy atom. The number of aromatic nitrogens is 2. The van der Waals surface area contributed by atoms with Gasteiger partial charge in [0.2, 0.25) is 0 Å². The minimum absolute atomic E-state index is 0.917. The molecule has 0 aliphatic heterocycles. The molecule has 4 heterocycles. The van der Waals surface area contributed by atoms with Crippen LogP contribution in [0.2, 0.25) is 0 Å². The second kappa shape index (κ2) is 12.1. The molecule has 9 aromatic carbocycles. The van der Waals surface area contributed by atoms with E-state index in [1.807, 2.05) is 23.5 Å². The highest BCUT2D eigenvalue weighted by molar-refractivity contribution is 7.26. The Hall–Kier alpha value is -7.40. The van der Waals surface area contributed by atoms with E-state index in [1.165, 1.54) is 91.7 Å². The number of fused-ring (bicyclic) bond motifs is 13. The quantitative estimate of drug-likeness (QED) is 0.175. The summed E-state index contributed by atoms with van der Waals surface area (Å²) in [5.74, 6) is 0. The lowest BCUT2D eigenvalue weighted by Crippen LogP contribution is -1.93. The number of hydrogen-bond acceptors (Lipinski definition) is 2. The van der Waals surface area contributed by atoms with Gasteiger partial charge in [-0.15, -0.1) is 11.3 Å². The van der Waals surface area contributed by atoms with Crippen LogP contribution in [0.15, 0.2) is 199 Å². The van der Waals surface area contributed by atoms with Crippen LogP contribution in [0.1, 0.15) is 0 Å². The van der Waals surface area contributed by atoms with E-state index in [4.69, 9.17) is 4.42 Å². The molecule has 0 fully saturated rings. The molecule has 0 spiro atoms. The number of rotatable bonds is 4. The van der Waals surface area contributed by atoms with Gasteiger partial charge < -0.3 is 13.6 Å². The summed E-state index contributed by atoms with van der Waals surface area (Å²) in [6.45, 7) is 0. The zero-order valence-electron chi connectivity index (χ0n) is 31.2. The summed E-state index contributed by atoms with van der Waals surface area (Å²) in [7, 11) is 0. The lowest BCUT2D eigenvalue weighted by molar-refractivity contribution is 0.669. The molecule has 0 saturated heterocycles. The summed E-state index contributed by atoms with van der Waals surface area (Å²) in [6.07, 6.45) is 0. The molecule has 13 aromatic rings. The molecule has 13 rings (SSSR count). The maximum Gasteiger partial charge on any atom is 0.135 e. The molecule has 0 N–H and O–H groups in total. The lowest BCUT2D eigenvalue weighted by atomic mass is 10.00. The molecule has 0 radical (unpaired) electrons. The normalized spacial score (nSPS) is 12.1. The molecule has 3 nitrogen and oxygen atoms in total. The van der Waals surface area contributed by atoms with Crippen LogP contribution in [-0.4, -0.2) is 9.13 Å². The zero-order chi connectivity index (χ0) is 37.9. The van der Waals surface area contributed by atoms with E-state index in [9.17, 15) is 0 Å². The van der Waals surface area contributed by atoms with Crippen molar-refractivity contribution in [3.63, 3.8) is 0 Å². The molecule has 4 aromatic heterocycles. The molecule has 0 amide bonds. The third-order valence-corrected chi connectivity index (χ3v) is 13.3. The zero-order valence-corrected chi connectivity index (χ0v) is 32.0. The fourth-order valence-electron chi connectivity index (χ4n) is 9.46. The molecule has 0 unspecified atom stereocenters. The van der Waals surface area contributed by atoms with E-state index in [-0.39, 0.29) is 0 Å². The molecular weight excluding hydrogens is 725 g/mol. The summed E-state index contributed by atoms with van der Waals surface area (Å²) in [6, 6.07) is 70.7. The van der Waals surface area contributed by atoms with Gasteiger partial charge in [0.05, 0.1) is 22.1 Å². The van der Waals surface area contributed by atoms with Gasteiger partial charge in [0, 0.05) is 63.9 Å². The first kappa shape index (κ1) is 31.8. The SMILES string of the molecule is c1ccc(-n2c3ccccc3c3cc(-c4ccc5sc6c(ccc7c6c6ccccc6n7-c6ccc(-c7ccc8oc9ccccc9c8c7)cc6)c5c4)ccc32)cc1. The van der Waals surface area contributed by atoms with Crippen molar-refractivity contribution in [1.82, 2.24) is 9.13 Å². The van der Waals surface area contributed by atoms with E-state index in [1.54, 1.807) is 0 Å². The molecule has 0 aliphatic rings.